The van der Waals surface area contributed by atoms with Crippen molar-refractivity contribution in [1.82, 2.24) is 0 Å². The molecule has 1 heterocycles. The van der Waals surface area contributed by atoms with Crippen molar-refractivity contribution in [3.05, 3.63) is 104 Å². The van der Waals surface area contributed by atoms with Gasteiger partial charge in [0.25, 0.3) is 0 Å². The van der Waals surface area contributed by atoms with Gasteiger partial charge in [-0.25, -0.2) is 0 Å². The van der Waals surface area contributed by atoms with Crippen LogP contribution in [0.1, 0.15) is 86.1 Å². The van der Waals surface area contributed by atoms with Crippen molar-refractivity contribution < 1.29 is 21.8 Å². The summed E-state index contributed by atoms with van der Waals surface area (Å²) in [5.41, 5.74) is 16.5. The Labute approximate surface area is 247 Å². The van der Waals surface area contributed by atoms with Gasteiger partial charge in [-0.1, -0.05) is 0 Å². The molecule has 0 amide bonds. The molecule has 1 heteroatoms. The van der Waals surface area contributed by atoms with Gasteiger partial charge in [-0.05, 0) is 0 Å². The first-order valence-electron chi connectivity index (χ1n) is 15.6. The summed E-state index contributed by atoms with van der Waals surface area (Å²) >= 11 is -2.32. The van der Waals surface area contributed by atoms with E-state index in [9.17, 15) is 0 Å². The molecule has 0 saturated carbocycles. The summed E-state index contributed by atoms with van der Waals surface area (Å²) in [6.45, 7) is 15.4. The molecule has 40 heavy (non-hydrogen) atoms. The van der Waals surface area contributed by atoms with Gasteiger partial charge in [0.15, 0.2) is 0 Å². The van der Waals surface area contributed by atoms with Crippen LogP contribution in [0.3, 0.4) is 0 Å². The molecule has 1 saturated heterocycles. The average molecular weight is 599 g/mol. The first-order valence-corrected chi connectivity index (χ1v) is 19.8. The Kier molecular flexibility index (Phi) is 4.62. The molecule has 4 aliphatic carbocycles. The zero-order chi connectivity index (χ0) is 27.3. The van der Waals surface area contributed by atoms with Crippen molar-refractivity contribution in [2.75, 3.05) is 0 Å². The van der Waals surface area contributed by atoms with Gasteiger partial charge in [0, 0.05) is 0 Å². The van der Waals surface area contributed by atoms with Crippen LogP contribution in [0.5, 0.6) is 0 Å². The molecule has 1 aliphatic heterocycles. The topological polar surface area (TPSA) is 0 Å². The van der Waals surface area contributed by atoms with Crippen molar-refractivity contribution in [3.8, 4) is 0 Å². The molecule has 199 valence electrons. The fraction of sp³-hybridized carbons (Fsp3) is 0.385. The molecule has 5 aliphatic rings. The Morgan fingerprint density at radius 2 is 1.12 bits per heavy atom. The van der Waals surface area contributed by atoms with E-state index in [-0.39, 0.29) is 11.7 Å². The van der Waals surface area contributed by atoms with Crippen LogP contribution in [0.2, 0.25) is 4.13 Å². The van der Waals surface area contributed by atoms with Crippen LogP contribution in [0, 0.1) is 11.3 Å². The van der Waals surface area contributed by atoms with Crippen molar-refractivity contribution in [2.24, 2.45) is 11.3 Å². The Morgan fingerprint density at radius 3 is 1.57 bits per heavy atom. The van der Waals surface area contributed by atoms with Gasteiger partial charge in [-0.15, -0.1) is 0 Å². The maximum atomic E-state index is 2.73. The van der Waals surface area contributed by atoms with E-state index in [0.717, 1.165) is 5.92 Å². The predicted octanol–water partition coefficient (Wildman–Crippen LogP) is 9.85. The van der Waals surface area contributed by atoms with Crippen LogP contribution >= 0.6 is 0 Å². The molecular formula is C39H39Zr. The van der Waals surface area contributed by atoms with Gasteiger partial charge in [0.05, 0.1) is 0 Å². The summed E-state index contributed by atoms with van der Waals surface area (Å²) in [7, 11) is 0. The van der Waals surface area contributed by atoms with Crippen LogP contribution in [0.25, 0.3) is 33.7 Å². The van der Waals surface area contributed by atoms with Gasteiger partial charge >= 0.3 is 249 Å². The van der Waals surface area contributed by atoms with E-state index in [2.05, 4.69) is 102 Å². The molecule has 0 N–H and O–H groups in total. The number of fused-ring (bicyclic) bond motifs is 6. The maximum absolute atomic E-state index is 2.73. The summed E-state index contributed by atoms with van der Waals surface area (Å²) in [4.78, 5) is 0. The summed E-state index contributed by atoms with van der Waals surface area (Å²) < 4.78 is 1.96. The van der Waals surface area contributed by atoms with E-state index in [1.807, 2.05) is 0 Å². The fourth-order valence-electron chi connectivity index (χ4n) is 11.1. The summed E-state index contributed by atoms with van der Waals surface area (Å²) in [5, 5.41) is 6.23. The third kappa shape index (κ3) is 2.42. The van der Waals surface area contributed by atoms with Crippen LogP contribution in [-0.2, 0) is 53.7 Å². The zero-order valence-electron chi connectivity index (χ0n) is 24.9. The zero-order valence-corrected chi connectivity index (χ0v) is 27.3. The SMILES string of the molecule is CC1=Cc2c(cc3c4c(cccc24)CC3)[C]12[Zr]([CH2]C(C)C)[C]1(C(C)=Cc3c1cc1c4c(cccc34)CC1)C2(C)C. The van der Waals surface area contributed by atoms with Crippen LogP contribution in [0.15, 0.2) is 59.7 Å². The third-order valence-electron chi connectivity index (χ3n) is 12.2. The first kappa shape index (κ1) is 24.4. The number of benzene rings is 4. The molecule has 1 fully saturated rings. The van der Waals surface area contributed by atoms with Gasteiger partial charge in [0.2, 0.25) is 0 Å². The normalized spacial score (nSPS) is 26.3. The molecule has 0 aromatic heterocycles. The van der Waals surface area contributed by atoms with E-state index in [4.69, 9.17) is 0 Å². The van der Waals surface area contributed by atoms with Crippen LogP contribution < -0.4 is 0 Å². The minimum atomic E-state index is -2.32. The number of allylic oxidation sites excluding steroid dienone is 2. The van der Waals surface area contributed by atoms with Gasteiger partial charge in [-0.3, -0.25) is 0 Å². The molecule has 0 nitrogen and oxygen atoms in total. The van der Waals surface area contributed by atoms with Crippen molar-refractivity contribution in [3.63, 3.8) is 0 Å². The second-order valence-electron chi connectivity index (χ2n) is 14.5. The van der Waals surface area contributed by atoms with Crippen molar-refractivity contribution in [2.45, 2.75) is 77.6 Å². The first-order chi connectivity index (χ1) is 19.2. The van der Waals surface area contributed by atoms with Gasteiger partial charge in [0.1, 0.15) is 0 Å². The van der Waals surface area contributed by atoms with E-state index in [1.54, 1.807) is 66.4 Å². The van der Waals surface area contributed by atoms with E-state index >= 15 is 0 Å². The van der Waals surface area contributed by atoms with Crippen molar-refractivity contribution in [1.29, 1.82) is 0 Å². The van der Waals surface area contributed by atoms with E-state index in [1.165, 1.54) is 40.6 Å². The van der Waals surface area contributed by atoms with E-state index in [0.29, 0.717) is 0 Å². The molecule has 4 aromatic rings. The summed E-state index contributed by atoms with van der Waals surface area (Å²) in [6, 6.07) is 19.7. The second-order valence-corrected chi connectivity index (χ2v) is 21.6. The Balaban J connectivity index is 1.36. The van der Waals surface area contributed by atoms with Gasteiger partial charge < -0.3 is 0 Å². The summed E-state index contributed by atoms with van der Waals surface area (Å²) in [6.07, 6.45) is 10.2. The molecular weight excluding hydrogens is 560 g/mol. The molecule has 0 radical (unpaired) electrons. The Hall–Kier alpha value is -2.24. The molecule has 9 rings (SSSR count). The quantitative estimate of drug-likeness (QED) is 0.215. The molecule has 4 aromatic carbocycles. The second kappa shape index (κ2) is 7.58. The molecule has 2 spiro atoms. The van der Waals surface area contributed by atoms with Crippen molar-refractivity contribution >= 4 is 33.7 Å². The fourth-order valence-corrected chi connectivity index (χ4v) is 25.5. The molecule has 2 unspecified atom stereocenters. The number of aryl methyl sites for hydroxylation is 4. The predicted molar refractivity (Wildman–Crippen MR) is 167 cm³/mol. The van der Waals surface area contributed by atoms with Gasteiger partial charge in [-0.2, -0.15) is 0 Å². The number of hydrogen-bond acceptors (Lipinski definition) is 0. The van der Waals surface area contributed by atoms with Crippen LogP contribution in [-0.4, -0.2) is 0 Å². The molecule has 2 atom stereocenters. The number of hydrogen-bond donors (Lipinski definition) is 0. The number of rotatable bonds is 2. The monoisotopic (exact) mass is 597 g/mol. The Bertz CT molecular complexity index is 1780. The average Bonchev–Trinajstić information content (AvgIpc) is 3.67. The minimum absolute atomic E-state index is 0.147. The summed E-state index contributed by atoms with van der Waals surface area (Å²) in [5.74, 6) is 0.734. The third-order valence-corrected chi connectivity index (χ3v) is 26.0. The Morgan fingerprint density at radius 1 is 0.675 bits per heavy atom. The standard InChI is InChI=1S/C35H30.C4H9.Zr/c1-19-15-27-25-9-5-7-21-11-13-23(31(21)25)17-29(27)33(19)35(3,4)34-20(2)16-28-26-10-6-8-22-12-14-24(32(22)26)18-30(28)34;1-4(2)3;/h5-10,15-18H,11-14H2,1-4H3;4H,1H2,2-3H3;. The van der Waals surface area contributed by atoms with Crippen LogP contribution in [0.4, 0.5) is 0 Å². The van der Waals surface area contributed by atoms with E-state index < -0.39 is 21.8 Å². The molecule has 0 bridgehead atoms.